The Kier molecular flexibility index (Phi) is 5.28. The van der Waals surface area contributed by atoms with E-state index in [1.807, 2.05) is 7.05 Å². The van der Waals surface area contributed by atoms with Crippen LogP contribution in [0.3, 0.4) is 0 Å². The van der Waals surface area contributed by atoms with E-state index in [9.17, 15) is 4.39 Å². The van der Waals surface area contributed by atoms with Crippen molar-refractivity contribution in [3.8, 4) is 0 Å². The van der Waals surface area contributed by atoms with Crippen molar-refractivity contribution < 1.29 is 4.39 Å². The zero-order valence-electron chi connectivity index (χ0n) is 11.3. The lowest BCUT2D eigenvalue weighted by molar-refractivity contribution is 0.272. The van der Waals surface area contributed by atoms with Gasteiger partial charge in [0.15, 0.2) is 0 Å². The first-order chi connectivity index (χ1) is 8.45. The number of nitrogens with zero attached hydrogens (tertiary/aromatic N) is 1. The third-order valence-corrected chi connectivity index (χ3v) is 3.13. The second kappa shape index (κ2) is 6.50. The molecule has 4 heteroatoms. The van der Waals surface area contributed by atoms with Crippen LogP contribution < -0.4 is 5.73 Å². The average Bonchev–Trinajstić information content (AvgIpc) is 2.31. The molecule has 1 atom stereocenters. The number of halogens is 1. The number of nitrogens with two attached hydrogens (primary N) is 1. The van der Waals surface area contributed by atoms with Crippen LogP contribution in [0.2, 0.25) is 0 Å². The van der Waals surface area contributed by atoms with Crippen molar-refractivity contribution in [1.82, 2.24) is 4.90 Å². The molecule has 1 rings (SSSR count). The van der Waals surface area contributed by atoms with Crippen molar-refractivity contribution in [1.29, 1.82) is 5.41 Å². The van der Waals surface area contributed by atoms with Crippen LogP contribution in [0.25, 0.3) is 0 Å². The van der Waals surface area contributed by atoms with Crippen LogP contribution in [0.4, 0.5) is 4.39 Å². The van der Waals surface area contributed by atoms with E-state index in [1.54, 1.807) is 12.1 Å². The Balaban J connectivity index is 2.79. The highest BCUT2D eigenvalue weighted by Gasteiger charge is 2.12. The first kappa shape index (κ1) is 14.6. The van der Waals surface area contributed by atoms with Crippen molar-refractivity contribution in [2.75, 3.05) is 13.6 Å². The molecule has 1 unspecified atom stereocenters. The summed E-state index contributed by atoms with van der Waals surface area (Å²) in [6, 6.07) is 5.02. The summed E-state index contributed by atoms with van der Waals surface area (Å²) in [7, 11) is 1.98. The summed E-state index contributed by atoms with van der Waals surface area (Å²) >= 11 is 0. The van der Waals surface area contributed by atoms with Crippen LogP contribution in [0, 0.1) is 17.1 Å². The number of benzene rings is 1. The molecule has 3 nitrogen and oxygen atoms in total. The Hall–Kier alpha value is -1.42. The minimum Gasteiger partial charge on any atom is -0.384 e. The fraction of sp³-hybridized carbons (Fsp3) is 0.500. The van der Waals surface area contributed by atoms with Gasteiger partial charge >= 0.3 is 0 Å². The van der Waals surface area contributed by atoms with E-state index < -0.39 is 0 Å². The first-order valence-corrected chi connectivity index (χ1v) is 6.26. The van der Waals surface area contributed by atoms with Gasteiger partial charge in [0.2, 0.25) is 0 Å². The smallest absolute Gasteiger partial charge is 0.138 e. The number of nitrogen functional groups attached to an aromatic ring is 1. The van der Waals surface area contributed by atoms with E-state index in [-0.39, 0.29) is 17.2 Å². The van der Waals surface area contributed by atoms with Gasteiger partial charge in [0.05, 0.1) is 5.56 Å². The Morgan fingerprint density at radius 2 is 2.17 bits per heavy atom. The van der Waals surface area contributed by atoms with Crippen molar-refractivity contribution in [2.24, 2.45) is 11.7 Å². The lowest BCUT2D eigenvalue weighted by Crippen LogP contribution is -2.25. The standard InChI is InChI=1S/C14H22FN3/c1-4-10(2)8-18(3)9-11-6-5-7-12(13(11)15)14(16)17/h5-7,10H,4,8-9H2,1-3H3,(H3,16,17). The molecule has 1 aromatic carbocycles. The lowest BCUT2D eigenvalue weighted by atomic mass is 10.1. The second-order valence-corrected chi connectivity index (χ2v) is 4.90. The molecule has 0 saturated heterocycles. The topological polar surface area (TPSA) is 53.1 Å². The summed E-state index contributed by atoms with van der Waals surface area (Å²) in [4.78, 5) is 2.09. The van der Waals surface area contributed by atoms with Gasteiger partial charge in [-0.2, -0.15) is 0 Å². The quantitative estimate of drug-likeness (QED) is 0.603. The fourth-order valence-corrected chi connectivity index (χ4v) is 1.93. The normalized spacial score (nSPS) is 12.7. The largest absolute Gasteiger partial charge is 0.384 e. The van der Waals surface area contributed by atoms with Gasteiger partial charge in [-0.3, -0.25) is 5.41 Å². The number of hydrogen-bond donors (Lipinski definition) is 2. The molecule has 0 spiro atoms. The van der Waals surface area contributed by atoms with E-state index in [2.05, 4.69) is 18.7 Å². The predicted octanol–water partition coefficient (Wildman–Crippen LogP) is 2.59. The summed E-state index contributed by atoms with van der Waals surface area (Å²) in [6.07, 6.45) is 1.11. The molecule has 0 fully saturated rings. The molecule has 3 N–H and O–H groups in total. The molecule has 0 heterocycles. The van der Waals surface area contributed by atoms with E-state index >= 15 is 0 Å². The third kappa shape index (κ3) is 3.81. The molecule has 100 valence electrons. The summed E-state index contributed by atoms with van der Waals surface area (Å²) in [5.74, 6) is -0.00557. The van der Waals surface area contributed by atoms with Gasteiger partial charge in [0.1, 0.15) is 11.7 Å². The molecule has 0 amide bonds. The number of rotatable bonds is 6. The second-order valence-electron chi connectivity index (χ2n) is 4.90. The number of nitrogens with one attached hydrogen (secondary N) is 1. The van der Waals surface area contributed by atoms with Crippen molar-refractivity contribution >= 4 is 5.84 Å². The molecule has 0 bridgehead atoms. The van der Waals surface area contributed by atoms with Crippen LogP contribution in [0.5, 0.6) is 0 Å². The highest BCUT2D eigenvalue weighted by Crippen LogP contribution is 2.15. The van der Waals surface area contributed by atoms with Crippen LogP contribution in [0.15, 0.2) is 18.2 Å². The summed E-state index contributed by atoms with van der Waals surface area (Å²) in [5, 5.41) is 7.32. The highest BCUT2D eigenvalue weighted by molar-refractivity contribution is 5.95. The minimum atomic E-state index is -0.374. The predicted molar refractivity (Wildman–Crippen MR) is 73.2 cm³/mol. The van der Waals surface area contributed by atoms with Gasteiger partial charge in [-0.25, -0.2) is 4.39 Å². The van der Waals surface area contributed by atoms with Gasteiger partial charge in [-0.15, -0.1) is 0 Å². The molecule has 0 aromatic heterocycles. The maximum absolute atomic E-state index is 14.1. The maximum atomic E-state index is 14.1. The minimum absolute atomic E-state index is 0.185. The van der Waals surface area contributed by atoms with E-state index in [0.717, 1.165) is 13.0 Å². The van der Waals surface area contributed by atoms with E-state index in [1.165, 1.54) is 6.07 Å². The molecule has 0 aliphatic rings. The molecular weight excluding hydrogens is 229 g/mol. The van der Waals surface area contributed by atoms with Gasteiger partial charge in [-0.1, -0.05) is 32.4 Å². The van der Waals surface area contributed by atoms with E-state index in [4.69, 9.17) is 11.1 Å². The SMILES string of the molecule is CCC(C)CN(C)Cc1cccc(C(=N)N)c1F. The van der Waals surface area contributed by atoms with Crippen LogP contribution in [-0.2, 0) is 6.54 Å². The van der Waals surface area contributed by atoms with E-state index in [0.29, 0.717) is 18.0 Å². The van der Waals surface area contributed by atoms with Crippen molar-refractivity contribution in [3.63, 3.8) is 0 Å². The molecule has 0 aliphatic carbocycles. The van der Waals surface area contributed by atoms with Crippen molar-refractivity contribution in [2.45, 2.75) is 26.8 Å². The van der Waals surface area contributed by atoms with Gasteiger partial charge < -0.3 is 10.6 Å². The van der Waals surface area contributed by atoms with Crippen LogP contribution in [0.1, 0.15) is 31.4 Å². The molecular formula is C14H22FN3. The summed E-state index contributed by atoms with van der Waals surface area (Å²) in [5.41, 5.74) is 6.12. The molecule has 18 heavy (non-hydrogen) atoms. The third-order valence-electron chi connectivity index (χ3n) is 3.13. The summed E-state index contributed by atoms with van der Waals surface area (Å²) < 4.78 is 14.1. The maximum Gasteiger partial charge on any atom is 0.138 e. The van der Waals surface area contributed by atoms with Gasteiger partial charge in [0.25, 0.3) is 0 Å². The number of amidine groups is 1. The summed E-state index contributed by atoms with van der Waals surface area (Å²) in [6.45, 7) is 5.80. The Labute approximate surface area is 108 Å². The molecule has 0 radical (unpaired) electrons. The molecule has 0 aliphatic heterocycles. The molecule has 0 saturated carbocycles. The average molecular weight is 251 g/mol. The Morgan fingerprint density at radius 1 is 1.50 bits per heavy atom. The Bertz CT molecular complexity index is 418. The van der Waals surface area contributed by atoms with Crippen LogP contribution in [-0.4, -0.2) is 24.3 Å². The Morgan fingerprint density at radius 3 is 2.72 bits per heavy atom. The zero-order chi connectivity index (χ0) is 13.7. The lowest BCUT2D eigenvalue weighted by Gasteiger charge is -2.21. The number of hydrogen-bond acceptors (Lipinski definition) is 2. The van der Waals surface area contributed by atoms with Gasteiger partial charge in [0, 0.05) is 18.7 Å². The zero-order valence-corrected chi connectivity index (χ0v) is 11.3. The van der Waals surface area contributed by atoms with Crippen LogP contribution >= 0.6 is 0 Å². The fourth-order valence-electron chi connectivity index (χ4n) is 1.93. The first-order valence-electron chi connectivity index (χ1n) is 6.26. The highest BCUT2D eigenvalue weighted by atomic mass is 19.1. The molecule has 1 aromatic rings. The van der Waals surface area contributed by atoms with Crippen molar-refractivity contribution in [3.05, 3.63) is 35.1 Å². The monoisotopic (exact) mass is 251 g/mol. The van der Waals surface area contributed by atoms with Gasteiger partial charge in [-0.05, 0) is 19.0 Å².